The van der Waals surface area contributed by atoms with Crippen molar-refractivity contribution in [2.75, 3.05) is 0 Å². The summed E-state index contributed by atoms with van der Waals surface area (Å²) in [4.78, 5) is 2.57. The lowest BCUT2D eigenvalue weighted by Gasteiger charge is -2.03. The molecule has 1 aromatic carbocycles. The van der Waals surface area contributed by atoms with Gasteiger partial charge in [-0.15, -0.1) is 11.3 Å². The first kappa shape index (κ1) is 12.3. The van der Waals surface area contributed by atoms with Crippen LogP contribution >= 0.6 is 11.3 Å². The minimum atomic E-state index is 0.0670. The molecule has 96 valence electrons. The number of rotatable bonds is 2. The quantitative estimate of drug-likeness (QED) is 0.713. The molecule has 0 aliphatic carbocycles. The summed E-state index contributed by atoms with van der Waals surface area (Å²) in [5.74, 6) is 0. The Balaban J connectivity index is 1.92. The van der Waals surface area contributed by atoms with Gasteiger partial charge in [-0.25, -0.2) is 0 Å². The van der Waals surface area contributed by atoms with Gasteiger partial charge in [0, 0.05) is 4.88 Å². The summed E-state index contributed by atoms with van der Waals surface area (Å²) in [5, 5.41) is 8.74. The van der Waals surface area contributed by atoms with E-state index < -0.39 is 0 Å². The van der Waals surface area contributed by atoms with E-state index in [0.717, 1.165) is 5.70 Å². The number of hydrogen-bond acceptors (Lipinski definition) is 3. The summed E-state index contributed by atoms with van der Waals surface area (Å²) >= 11 is 1.79. The van der Waals surface area contributed by atoms with E-state index in [1.165, 1.54) is 26.4 Å². The number of aryl methyl sites for hydroxylation is 3. The van der Waals surface area contributed by atoms with E-state index in [-0.39, 0.29) is 6.04 Å². The minimum Gasteiger partial charge on any atom is -0.176 e. The van der Waals surface area contributed by atoms with E-state index in [1.54, 1.807) is 11.3 Å². The van der Waals surface area contributed by atoms with Crippen LogP contribution in [0.3, 0.4) is 0 Å². The van der Waals surface area contributed by atoms with Crippen molar-refractivity contribution in [1.82, 2.24) is 0 Å². The summed E-state index contributed by atoms with van der Waals surface area (Å²) in [7, 11) is 0. The van der Waals surface area contributed by atoms with Crippen LogP contribution in [0.5, 0.6) is 0 Å². The first-order valence-electron chi connectivity index (χ1n) is 6.40. The molecule has 0 saturated carbocycles. The van der Waals surface area contributed by atoms with Crippen molar-refractivity contribution in [3.63, 3.8) is 0 Å². The molecule has 1 aliphatic heterocycles. The van der Waals surface area contributed by atoms with Crippen LogP contribution in [0.15, 0.2) is 46.6 Å². The molecule has 1 atom stereocenters. The van der Waals surface area contributed by atoms with Crippen LogP contribution in [-0.2, 0) is 0 Å². The number of thiophene rings is 1. The first-order valence-corrected chi connectivity index (χ1v) is 7.22. The lowest BCUT2D eigenvalue weighted by Crippen LogP contribution is -1.88. The van der Waals surface area contributed by atoms with Gasteiger partial charge in [-0.3, -0.25) is 0 Å². The van der Waals surface area contributed by atoms with Crippen LogP contribution in [0.1, 0.15) is 32.5 Å². The molecule has 3 heteroatoms. The molecule has 0 spiro atoms. The average molecular weight is 268 g/mol. The monoisotopic (exact) mass is 268 g/mol. The second kappa shape index (κ2) is 4.74. The highest BCUT2D eigenvalue weighted by molar-refractivity contribution is 7.13. The van der Waals surface area contributed by atoms with Gasteiger partial charge in [0.25, 0.3) is 0 Å². The van der Waals surface area contributed by atoms with Crippen molar-refractivity contribution in [3.05, 3.63) is 62.9 Å². The Bertz CT molecular complexity index is 663. The Morgan fingerprint density at radius 1 is 1.05 bits per heavy atom. The average Bonchev–Trinajstić information content (AvgIpc) is 2.97. The molecule has 0 fully saturated rings. The summed E-state index contributed by atoms with van der Waals surface area (Å²) in [5.41, 5.74) is 4.78. The van der Waals surface area contributed by atoms with Gasteiger partial charge < -0.3 is 0 Å². The number of hydrogen-bond donors (Lipinski definition) is 0. The van der Waals surface area contributed by atoms with E-state index >= 15 is 0 Å². The van der Waals surface area contributed by atoms with Gasteiger partial charge in [-0.05, 0) is 44.0 Å². The molecule has 1 aromatic heterocycles. The molecule has 0 saturated heterocycles. The molecule has 1 aliphatic rings. The number of nitrogens with zero attached hydrogens (tertiary/aromatic N) is 2. The van der Waals surface area contributed by atoms with Gasteiger partial charge in [0.2, 0.25) is 0 Å². The third kappa shape index (κ3) is 2.38. The maximum absolute atomic E-state index is 4.38. The largest absolute Gasteiger partial charge is 0.176 e. The van der Waals surface area contributed by atoms with Gasteiger partial charge in [-0.1, -0.05) is 29.8 Å². The summed E-state index contributed by atoms with van der Waals surface area (Å²) in [6.45, 7) is 6.36. The van der Waals surface area contributed by atoms with Crippen LogP contribution in [0.25, 0.3) is 5.70 Å². The van der Waals surface area contributed by atoms with E-state index in [4.69, 9.17) is 0 Å². The molecule has 0 N–H and O–H groups in total. The highest BCUT2D eigenvalue weighted by Crippen LogP contribution is 2.36. The van der Waals surface area contributed by atoms with Crippen LogP contribution in [-0.4, -0.2) is 0 Å². The van der Waals surface area contributed by atoms with Crippen molar-refractivity contribution >= 4 is 17.0 Å². The fourth-order valence-corrected chi connectivity index (χ4v) is 3.27. The molecular weight excluding hydrogens is 252 g/mol. The van der Waals surface area contributed by atoms with Gasteiger partial charge >= 0.3 is 0 Å². The second-order valence-electron chi connectivity index (χ2n) is 4.99. The van der Waals surface area contributed by atoms with E-state index in [1.807, 2.05) is 0 Å². The van der Waals surface area contributed by atoms with Crippen LogP contribution in [0, 0.1) is 20.8 Å². The van der Waals surface area contributed by atoms with E-state index in [2.05, 4.69) is 67.4 Å². The number of azo groups is 1. The lowest BCUT2D eigenvalue weighted by atomic mass is 10.0. The lowest BCUT2D eigenvalue weighted by molar-refractivity contribution is 0.880. The number of benzene rings is 1. The van der Waals surface area contributed by atoms with Crippen LogP contribution < -0.4 is 0 Å². The molecule has 3 rings (SSSR count). The maximum Gasteiger partial charge on any atom is 0.117 e. The predicted molar refractivity (Wildman–Crippen MR) is 80.5 cm³/mol. The maximum atomic E-state index is 4.38. The van der Waals surface area contributed by atoms with Gasteiger partial charge in [-0.2, -0.15) is 10.2 Å². The van der Waals surface area contributed by atoms with E-state index in [0.29, 0.717) is 0 Å². The molecule has 0 radical (unpaired) electrons. The summed E-state index contributed by atoms with van der Waals surface area (Å²) in [6.07, 6.45) is 2.16. The Morgan fingerprint density at radius 3 is 2.42 bits per heavy atom. The van der Waals surface area contributed by atoms with Gasteiger partial charge in [0.1, 0.15) is 11.7 Å². The molecule has 19 heavy (non-hydrogen) atoms. The molecule has 1 unspecified atom stereocenters. The van der Waals surface area contributed by atoms with Crippen molar-refractivity contribution in [3.8, 4) is 0 Å². The molecular formula is C16H16N2S. The van der Waals surface area contributed by atoms with Gasteiger partial charge in [0.05, 0.1) is 4.88 Å². The smallest absolute Gasteiger partial charge is 0.117 e. The molecule has 0 amide bonds. The fraction of sp³-hybridized carbons (Fsp3) is 0.250. The molecule has 0 bridgehead atoms. The predicted octanol–water partition coefficient (Wildman–Crippen LogP) is 5.22. The van der Waals surface area contributed by atoms with E-state index in [9.17, 15) is 0 Å². The summed E-state index contributed by atoms with van der Waals surface area (Å²) in [6, 6.07) is 10.8. The van der Waals surface area contributed by atoms with Crippen molar-refractivity contribution < 1.29 is 0 Å². The molecule has 2 heterocycles. The normalized spacial score (nSPS) is 17.8. The Morgan fingerprint density at radius 2 is 1.79 bits per heavy atom. The Kier molecular flexibility index (Phi) is 3.07. The highest BCUT2D eigenvalue weighted by atomic mass is 32.1. The van der Waals surface area contributed by atoms with Crippen LogP contribution in [0.2, 0.25) is 0 Å². The standard InChI is InChI=1S/C16H16N2S/c1-10-4-6-13(7-5-10)14-9-15(18-17-14)16-11(2)8-12(3)19-16/h4-9,14H,1-3H3. The Hall–Kier alpha value is -1.74. The molecule has 2 aromatic rings. The zero-order valence-electron chi connectivity index (χ0n) is 11.3. The zero-order valence-corrected chi connectivity index (χ0v) is 12.2. The minimum absolute atomic E-state index is 0.0670. The fourth-order valence-electron chi connectivity index (χ4n) is 2.28. The zero-order chi connectivity index (χ0) is 13.4. The van der Waals surface area contributed by atoms with Crippen molar-refractivity contribution in [2.45, 2.75) is 26.8 Å². The van der Waals surface area contributed by atoms with Crippen molar-refractivity contribution in [2.24, 2.45) is 10.2 Å². The van der Waals surface area contributed by atoms with Crippen molar-refractivity contribution in [1.29, 1.82) is 0 Å². The summed E-state index contributed by atoms with van der Waals surface area (Å²) < 4.78 is 0. The first-order chi connectivity index (χ1) is 9.13. The second-order valence-corrected chi connectivity index (χ2v) is 6.25. The third-order valence-corrected chi connectivity index (χ3v) is 4.47. The third-order valence-electron chi connectivity index (χ3n) is 3.30. The Labute approximate surface area is 117 Å². The van der Waals surface area contributed by atoms with Gasteiger partial charge in [0.15, 0.2) is 0 Å². The highest BCUT2D eigenvalue weighted by Gasteiger charge is 2.18. The van der Waals surface area contributed by atoms with Crippen LogP contribution in [0.4, 0.5) is 0 Å². The topological polar surface area (TPSA) is 24.7 Å². The SMILES string of the molecule is Cc1ccc(C2C=C(c3sc(C)cc3C)N=N2)cc1. The molecule has 2 nitrogen and oxygen atoms in total.